The maximum atomic E-state index is 13.4. The van der Waals surface area contributed by atoms with Crippen LogP contribution in [-0.4, -0.2) is 47.1 Å². The van der Waals surface area contributed by atoms with Crippen molar-refractivity contribution in [3.8, 4) is 0 Å². The second kappa shape index (κ2) is 10.7. The van der Waals surface area contributed by atoms with Gasteiger partial charge in [-0.25, -0.2) is 14.8 Å². The number of pyridine rings is 1. The van der Waals surface area contributed by atoms with Crippen LogP contribution in [-0.2, 0) is 14.9 Å². The molecule has 2 bridgehead atoms. The number of esters is 1. The highest BCUT2D eigenvalue weighted by Gasteiger charge is 2.43. The number of amides is 1. The zero-order valence-corrected chi connectivity index (χ0v) is 23.3. The second-order valence-corrected chi connectivity index (χ2v) is 12.1. The SMILES string of the molecule is C=C/C1=N\C(=C)NC(C(=O)OC)CC(C)C2CN(c3nc(C(C)(C)C)ccc3C(=O)NS1)C(C)(C)C2. The molecule has 0 aliphatic carbocycles. The van der Waals surface area contributed by atoms with Crippen LogP contribution in [0.3, 0.4) is 0 Å². The summed E-state index contributed by atoms with van der Waals surface area (Å²) in [6.45, 7) is 21.3. The van der Waals surface area contributed by atoms with E-state index in [1.54, 1.807) is 0 Å². The second-order valence-electron chi connectivity index (χ2n) is 11.3. The Balaban J connectivity index is 2.12. The van der Waals surface area contributed by atoms with Gasteiger partial charge in [0.15, 0.2) is 0 Å². The number of aromatic nitrogens is 1. The zero-order chi connectivity index (χ0) is 26.8. The van der Waals surface area contributed by atoms with Crippen LogP contribution in [0.2, 0.25) is 0 Å². The molecule has 2 aliphatic heterocycles. The van der Waals surface area contributed by atoms with Crippen molar-refractivity contribution in [3.05, 3.63) is 48.4 Å². The minimum atomic E-state index is -0.591. The standard InChI is InChI=1S/C27H39N5O3S/c1-10-22-29-17(3)28-20(25(34)35-9)13-16(2)18-14-27(7,8)32(15-18)23-19(24(33)31-36-22)11-12-21(30-23)26(4,5)6/h10-12,16,18,20,28H,1,3,13-15H2,2,4-9H3,(H,31,33)/b29-22+. The molecule has 1 amide bonds. The third-order valence-electron chi connectivity index (χ3n) is 6.96. The van der Waals surface area contributed by atoms with E-state index < -0.39 is 6.04 Å². The molecule has 9 heteroatoms. The lowest BCUT2D eigenvalue weighted by atomic mass is 9.84. The van der Waals surface area contributed by atoms with E-state index in [4.69, 9.17) is 9.72 Å². The van der Waals surface area contributed by atoms with Crippen molar-refractivity contribution in [1.82, 2.24) is 15.0 Å². The Morgan fingerprint density at radius 1 is 1.33 bits per heavy atom. The molecule has 3 rings (SSSR count). The molecular weight excluding hydrogens is 474 g/mol. The Morgan fingerprint density at radius 2 is 2.03 bits per heavy atom. The summed E-state index contributed by atoms with van der Waals surface area (Å²) in [6.07, 6.45) is 2.99. The Labute approximate surface area is 219 Å². The molecule has 0 saturated carbocycles. The van der Waals surface area contributed by atoms with Crippen LogP contribution in [0.5, 0.6) is 0 Å². The molecule has 8 nitrogen and oxygen atoms in total. The van der Waals surface area contributed by atoms with Crippen LogP contribution < -0.4 is 14.9 Å². The Hall–Kier alpha value is -2.81. The largest absolute Gasteiger partial charge is 0.467 e. The highest BCUT2D eigenvalue weighted by atomic mass is 32.2. The van der Waals surface area contributed by atoms with E-state index in [1.807, 2.05) is 12.1 Å². The van der Waals surface area contributed by atoms with E-state index in [-0.39, 0.29) is 34.7 Å². The van der Waals surface area contributed by atoms with Gasteiger partial charge in [0.05, 0.1) is 12.7 Å². The predicted molar refractivity (Wildman–Crippen MR) is 147 cm³/mol. The fourth-order valence-electron chi connectivity index (χ4n) is 4.85. The minimum Gasteiger partial charge on any atom is -0.467 e. The number of aliphatic imine (C=N–C) groups is 1. The fourth-order valence-corrected chi connectivity index (χ4v) is 5.40. The van der Waals surface area contributed by atoms with Crippen molar-refractivity contribution in [2.75, 3.05) is 18.6 Å². The maximum absolute atomic E-state index is 13.4. The van der Waals surface area contributed by atoms with Gasteiger partial charge in [0, 0.05) is 35.1 Å². The number of hydrogen-bond acceptors (Lipinski definition) is 8. The number of rotatable bonds is 2. The monoisotopic (exact) mass is 513 g/mol. The van der Waals surface area contributed by atoms with E-state index in [9.17, 15) is 9.59 Å². The van der Waals surface area contributed by atoms with Gasteiger partial charge >= 0.3 is 5.97 Å². The molecule has 36 heavy (non-hydrogen) atoms. The van der Waals surface area contributed by atoms with Gasteiger partial charge in [-0.1, -0.05) is 40.9 Å². The van der Waals surface area contributed by atoms with Crippen molar-refractivity contribution in [3.63, 3.8) is 0 Å². The number of fused-ring (bicyclic) bond motifs is 4. The first-order valence-electron chi connectivity index (χ1n) is 12.3. The normalized spacial score (nSPS) is 26.4. The topological polar surface area (TPSA) is 95.9 Å². The van der Waals surface area contributed by atoms with Gasteiger partial charge < -0.3 is 15.0 Å². The highest BCUT2D eigenvalue weighted by Crippen LogP contribution is 2.42. The summed E-state index contributed by atoms with van der Waals surface area (Å²) in [5.74, 6) is 0.827. The summed E-state index contributed by atoms with van der Waals surface area (Å²) in [7, 11) is 1.38. The number of anilines is 1. The Kier molecular flexibility index (Phi) is 8.23. The molecule has 3 heterocycles. The van der Waals surface area contributed by atoms with Crippen molar-refractivity contribution in [2.45, 2.75) is 71.4 Å². The molecule has 2 aliphatic rings. The first-order chi connectivity index (χ1) is 16.8. The average molecular weight is 514 g/mol. The van der Waals surface area contributed by atoms with Gasteiger partial charge in [-0.2, -0.15) is 0 Å². The Bertz CT molecular complexity index is 1080. The number of nitrogens with one attached hydrogen (secondary N) is 2. The summed E-state index contributed by atoms with van der Waals surface area (Å²) >= 11 is 1.04. The highest BCUT2D eigenvalue weighted by molar-refractivity contribution is 8.13. The van der Waals surface area contributed by atoms with Crippen LogP contribution in [0.1, 0.15) is 70.4 Å². The summed E-state index contributed by atoms with van der Waals surface area (Å²) < 4.78 is 7.94. The molecule has 0 aromatic carbocycles. The zero-order valence-electron chi connectivity index (χ0n) is 22.5. The van der Waals surface area contributed by atoms with Gasteiger partial charge in [0.25, 0.3) is 5.91 Å². The fraction of sp³-hybridized carbons (Fsp3) is 0.556. The van der Waals surface area contributed by atoms with Gasteiger partial charge in [0.1, 0.15) is 22.7 Å². The molecule has 1 aromatic heterocycles. The van der Waals surface area contributed by atoms with E-state index >= 15 is 0 Å². The molecule has 1 fully saturated rings. The minimum absolute atomic E-state index is 0.170. The first-order valence-corrected chi connectivity index (χ1v) is 13.1. The number of nitrogens with zero attached hydrogens (tertiary/aromatic N) is 3. The average Bonchev–Trinajstić information content (AvgIpc) is 3.13. The molecule has 0 spiro atoms. The van der Waals surface area contributed by atoms with Crippen LogP contribution >= 0.6 is 11.9 Å². The lowest BCUT2D eigenvalue weighted by Crippen LogP contribution is -2.40. The molecule has 2 N–H and O–H groups in total. The number of hydrogen-bond donors (Lipinski definition) is 2. The van der Waals surface area contributed by atoms with E-state index in [1.165, 1.54) is 13.2 Å². The number of ether oxygens (including phenoxy) is 1. The lowest BCUT2D eigenvalue weighted by Gasteiger charge is -2.34. The smallest absolute Gasteiger partial charge is 0.328 e. The van der Waals surface area contributed by atoms with Crippen LogP contribution in [0, 0.1) is 11.8 Å². The van der Waals surface area contributed by atoms with E-state index in [2.05, 4.69) is 74.6 Å². The van der Waals surface area contributed by atoms with Gasteiger partial charge in [-0.15, -0.1) is 0 Å². The van der Waals surface area contributed by atoms with Gasteiger partial charge in [0.2, 0.25) is 0 Å². The third kappa shape index (κ3) is 6.11. The third-order valence-corrected chi connectivity index (χ3v) is 7.71. The molecule has 196 valence electrons. The van der Waals surface area contributed by atoms with Crippen LogP contribution in [0.25, 0.3) is 0 Å². The van der Waals surface area contributed by atoms with Gasteiger partial charge in [-0.05, 0) is 56.7 Å². The lowest BCUT2D eigenvalue weighted by molar-refractivity contribution is -0.143. The summed E-state index contributed by atoms with van der Waals surface area (Å²) in [5.41, 5.74) is 1.04. The predicted octanol–water partition coefficient (Wildman–Crippen LogP) is 4.59. The van der Waals surface area contributed by atoms with Crippen LogP contribution in [0.4, 0.5) is 5.82 Å². The molecular formula is C27H39N5O3S. The molecule has 1 aromatic rings. The molecule has 1 saturated heterocycles. The number of carbonyl (C=O) groups is 2. The molecule has 3 unspecified atom stereocenters. The summed E-state index contributed by atoms with van der Waals surface area (Å²) in [5, 5.41) is 3.55. The van der Waals surface area contributed by atoms with Gasteiger partial charge in [-0.3, -0.25) is 9.52 Å². The quantitative estimate of drug-likeness (QED) is 0.441. The summed E-state index contributed by atoms with van der Waals surface area (Å²) in [4.78, 5) is 37.7. The summed E-state index contributed by atoms with van der Waals surface area (Å²) in [6, 6.07) is 3.20. The maximum Gasteiger partial charge on any atom is 0.328 e. The molecule has 0 radical (unpaired) electrons. The van der Waals surface area contributed by atoms with E-state index in [0.717, 1.165) is 30.6 Å². The first kappa shape index (κ1) is 27.8. The number of carbonyl (C=O) groups excluding carboxylic acids is 2. The van der Waals surface area contributed by atoms with E-state index in [0.29, 0.717) is 28.7 Å². The van der Waals surface area contributed by atoms with Crippen molar-refractivity contribution in [1.29, 1.82) is 0 Å². The van der Waals surface area contributed by atoms with Crippen LogP contribution in [0.15, 0.2) is 42.2 Å². The van der Waals surface area contributed by atoms with Crippen molar-refractivity contribution >= 4 is 34.7 Å². The number of methoxy groups -OCH3 is 1. The molecule has 3 atom stereocenters. The van der Waals surface area contributed by atoms with Crippen molar-refractivity contribution in [2.24, 2.45) is 16.8 Å². The van der Waals surface area contributed by atoms with Crippen molar-refractivity contribution < 1.29 is 14.3 Å². The Morgan fingerprint density at radius 3 is 2.64 bits per heavy atom.